The van der Waals surface area contributed by atoms with Crippen molar-refractivity contribution < 1.29 is 54.8 Å². The number of hydrogen-bond acceptors (Lipinski definition) is 12. The Morgan fingerprint density at radius 2 is 1.51 bits per heavy atom. The first kappa shape index (κ1) is 48.8. The number of rotatable bonds is 16. The summed E-state index contributed by atoms with van der Waals surface area (Å²) in [5.74, 6) is -2.30. The predicted octanol–water partition coefficient (Wildman–Crippen LogP) is 10.1. The molecule has 9 rings (SSSR count). The highest BCUT2D eigenvalue weighted by Crippen LogP contribution is 2.48. The van der Waals surface area contributed by atoms with Gasteiger partial charge in [-0.25, -0.2) is 22.9 Å². The fraction of sp³-hybridized carbons (Fsp3) is 0.490. The Kier molecular flexibility index (Phi) is 13.8. The van der Waals surface area contributed by atoms with E-state index in [2.05, 4.69) is 9.97 Å². The number of carbonyl (C=O) groups excluding carboxylic acids is 1. The van der Waals surface area contributed by atoms with Crippen molar-refractivity contribution in [2.45, 2.75) is 102 Å². The van der Waals surface area contributed by atoms with Crippen molar-refractivity contribution in [3.05, 3.63) is 88.5 Å². The Morgan fingerprint density at radius 3 is 2.10 bits per heavy atom. The number of pyridine rings is 1. The van der Waals surface area contributed by atoms with E-state index in [0.717, 1.165) is 31.1 Å². The Balaban J connectivity index is 1.20. The number of nitrogens with zero attached hydrogens (tertiary/aromatic N) is 7. The average molecular weight is 978 g/mol. The molecule has 13 nitrogen and oxygen atoms in total. The van der Waals surface area contributed by atoms with Gasteiger partial charge < -0.3 is 33.5 Å². The molecule has 3 aromatic carbocycles. The molecule has 19 heteroatoms. The fourth-order valence-corrected chi connectivity index (χ4v) is 10.8. The van der Waals surface area contributed by atoms with E-state index in [1.807, 2.05) is 11.8 Å². The van der Waals surface area contributed by atoms with Crippen LogP contribution in [0.2, 0.25) is 0 Å². The molecular formula is C51H57F6N7O6. The van der Waals surface area contributed by atoms with Crippen LogP contribution in [0.15, 0.2) is 54.6 Å². The maximum Gasteiger partial charge on any atom is 0.418 e. The monoisotopic (exact) mass is 977 g/mol. The van der Waals surface area contributed by atoms with Crippen LogP contribution in [-0.4, -0.2) is 115 Å². The van der Waals surface area contributed by atoms with Crippen LogP contribution in [0.5, 0.6) is 23.3 Å². The van der Waals surface area contributed by atoms with Crippen LogP contribution in [0.1, 0.15) is 74.1 Å². The van der Waals surface area contributed by atoms with Crippen molar-refractivity contribution in [3.63, 3.8) is 0 Å². The molecule has 0 spiro atoms. The summed E-state index contributed by atoms with van der Waals surface area (Å²) in [6.45, 7) is 4.96. The van der Waals surface area contributed by atoms with Gasteiger partial charge >= 0.3 is 18.3 Å². The third-order valence-electron chi connectivity index (χ3n) is 14.2. The molecule has 2 bridgehead atoms. The summed E-state index contributed by atoms with van der Waals surface area (Å²) in [4.78, 5) is 34.3. The lowest BCUT2D eigenvalue weighted by atomic mass is 9.95. The number of unbranched alkanes of at least 4 members (excludes halogenated alkanes) is 1. The molecule has 1 amide bonds. The number of aryl methyl sites for hydroxylation is 1. The number of benzene rings is 3. The van der Waals surface area contributed by atoms with Gasteiger partial charge in [-0.3, -0.25) is 9.80 Å². The van der Waals surface area contributed by atoms with E-state index in [-0.39, 0.29) is 93.0 Å². The second-order valence-corrected chi connectivity index (χ2v) is 18.7. The van der Waals surface area contributed by atoms with Gasteiger partial charge in [-0.15, -0.1) is 0 Å². The fourth-order valence-electron chi connectivity index (χ4n) is 10.8. The van der Waals surface area contributed by atoms with Gasteiger partial charge in [-0.1, -0.05) is 37.6 Å². The molecule has 2 unspecified atom stereocenters. The number of aromatic nitrogens is 3. The van der Waals surface area contributed by atoms with E-state index in [9.17, 15) is 9.18 Å². The number of piperazine rings is 1. The highest BCUT2D eigenvalue weighted by Gasteiger charge is 2.50. The molecule has 0 radical (unpaired) electrons. The number of methoxy groups -OCH3 is 3. The maximum absolute atomic E-state index is 18.0. The summed E-state index contributed by atoms with van der Waals surface area (Å²) in [6.07, 6.45) is -2.21. The summed E-state index contributed by atoms with van der Waals surface area (Å²) < 4.78 is 125. The van der Waals surface area contributed by atoms with Crippen LogP contribution in [-0.2, 0) is 24.0 Å². The standard InChI is InChI=1S/C51H57F6N7O6/c1-6-7-21-69-49(65)64-34-13-14-35(64)28-62(27-34)47-40-45(59-48(60-47)70-29-50-19-8-20-63(50)26-33(52)23-50)42(53)39(43(54)46(40)68-5)44-41(51(55,56)57)30(2)22-38(58-44)61(24-31-9-15-36(66-3)16-10-31)25-32-11-17-37(67-4)18-12-32/h9-12,15-18,22,33-35H,6-8,13-14,19-21,23-29H2,1-5H3/t33-,34?,35?,50+/m1/s1. The minimum Gasteiger partial charge on any atom is -0.497 e. The minimum absolute atomic E-state index is 0.00192. The van der Waals surface area contributed by atoms with Crippen molar-refractivity contribution in [3.8, 4) is 34.5 Å². The number of anilines is 2. The highest BCUT2D eigenvalue weighted by atomic mass is 19.4. The lowest BCUT2D eigenvalue weighted by molar-refractivity contribution is -0.137. The van der Waals surface area contributed by atoms with Gasteiger partial charge in [0.15, 0.2) is 17.4 Å². The molecule has 4 aliphatic rings. The van der Waals surface area contributed by atoms with Gasteiger partial charge in [0.05, 0.1) is 67.8 Å². The number of amides is 1. The van der Waals surface area contributed by atoms with Crippen molar-refractivity contribution >= 4 is 28.6 Å². The van der Waals surface area contributed by atoms with Crippen LogP contribution in [0.25, 0.3) is 22.2 Å². The van der Waals surface area contributed by atoms with Crippen molar-refractivity contribution in [2.24, 2.45) is 0 Å². The quantitative estimate of drug-likeness (QED) is 0.0693. The van der Waals surface area contributed by atoms with Crippen molar-refractivity contribution in [1.29, 1.82) is 0 Å². The van der Waals surface area contributed by atoms with Crippen LogP contribution in [0.4, 0.5) is 42.8 Å². The lowest BCUT2D eigenvalue weighted by Crippen LogP contribution is -2.56. The van der Waals surface area contributed by atoms with Crippen LogP contribution < -0.4 is 28.7 Å². The normalized spacial score (nSPS) is 21.0. The molecule has 4 aliphatic heterocycles. The first-order valence-electron chi connectivity index (χ1n) is 23.7. The van der Waals surface area contributed by atoms with E-state index >= 15 is 22.0 Å². The minimum atomic E-state index is -5.13. The molecule has 2 aromatic heterocycles. The summed E-state index contributed by atoms with van der Waals surface area (Å²) in [5.41, 5.74) is -3.54. The molecule has 5 aromatic rings. The highest BCUT2D eigenvalue weighted by molar-refractivity contribution is 5.99. The van der Waals surface area contributed by atoms with Crippen LogP contribution in [0, 0.1) is 18.6 Å². The van der Waals surface area contributed by atoms with E-state index in [4.69, 9.17) is 28.7 Å². The third-order valence-corrected chi connectivity index (χ3v) is 14.2. The number of ether oxygens (including phenoxy) is 5. The van der Waals surface area contributed by atoms with Crippen molar-refractivity contribution in [1.82, 2.24) is 24.8 Å². The lowest BCUT2D eigenvalue weighted by Gasteiger charge is -2.41. The first-order chi connectivity index (χ1) is 33.6. The Hall–Kier alpha value is -6.24. The van der Waals surface area contributed by atoms with Gasteiger partial charge in [0, 0.05) is 39.1 Å². The zero-order chi connectivity index (χ0) is 49.5. The average Bonchev–Trinajstić information content (AvgIpc) is 3.96. The maximum atomic E-state index is 18.0. The number of carbonyl (C=O) groups is 1. The molecule has 374 valence electrons. The van der Waals surface area contributed by atoms with Crippen LogP contribution in [0.3, 0.4) is 0 Å². The summed E-state index contributed by atoms with van der Waals surface area (Å²) in [5, 5.41) is -0.237. The van der Waals surface area contributed by atoms with Crippen molar-refractivity contribution in [2.75, 3.05) is 70.5 Å². The van der Waals surface area contributed by atoms with E-state index in [1.165, 1.54) is 27.2 Å². The number of alkyl halides is 4. The molecule has 6 heterocycles. The van der Waals surface area contributed by atoms with Gasteiger partial charge in [0.1, 0.15) is 41.4 Å². The second kappa shape index (κ2) is 19.9. The molecule has 4 saturated heterocycles. The second-order valence-electron chi connectivity index (χ2n) is 18.7. The SMILES string of the molecule is CCCCOC(=O)N1C2CCC1CN(c1nc(OC[C@@]34CCCN3C[C@H](F)C4)nc3c(F)c(-c4nc(N(Cc5ccc(OC)cc5)Cc5ccc(OC)cc5)cc(C)c4C(F)(F)F)c(F)c(OC)c13)C2. The molecule has 0 N–H and O–H groups in total. The van der Waals surface area contributed by atoms with Gasteiger partial charge in [-0.2, -0.15) is 23.1 Å². The third kappa shape index (κ3) is 9.40. The van der Waals surface area contributed by atoms with Gasteiger partial charge in [0.25, 0.3) is 0 Å². The smallest absolute Gasteiger partial charge is 0.418 e. The molecule has 70 heavy (non-hydrogen) atoms. The van der Waals surface area contributed by atoms with Gasteiger partial charge in [0.2, 0.25) is 0 Å². The first-order valence-corrected chi connectivity index (χ1v) is 23.7. The Morgan fingerprint density at radius 1 is 0.871 bits per heavy atom. The number of fused-ring (bicyclic) bond motifs is 4. The number of hydrogen-bond donors (Lipinski definition) is 0. The topological polar surface area (TPSA) is 115 Å². The van der Waals surface area contributed by atoms with Crippen LogP contribution >= 0.6 is 0 Å². The summed E-state index contributed by atoms with van der Waals surface area (Å²) >= 11 is 0. The summed E-state index contributed by atoms with van der Waals surface area (Å²) in [7, 11) is 4.19. The number of halogens is 6. The largest absolute Gasteiger partial charge is 0.497 e. The van der Waals surface area contributed by atoms with E-state index in [0.29, 0.717) is 43.7 Å². The molecule has 4 atom stereocenters. The zero-order valence-electron chi connectivity index (χ0n) is 39.9. The van der Waals surface area contributed by atoms with E-state index < -0.39 is 63.7 Å². The zero-order valence-corrected chi connectivity index (χ0v) is 39.9. The summed E-state index contributed by atoms with van der Waals surface area (Å²) in [6, 6.07) is 14.4. The molecular weight excluding hydrogens is 921 g/mol. The Labute approximate surface area is 402 Å². The van der Waals surface area contributed by atoms with E-state index in [1.54, 1.807) is 63.2 Å². The molecule has 0 saturated carbocycles. The Bertz CT molecular complexity index is 2650. The molecule has 0 aliphatic carbocycles. The molecule has 4 fully saturated rings. The van der Waals surface area contributed by atoms with Gasteiger partial charge in [-0.05, 0) is 92.6 Å². The predicted molar refractivity (Wildman–Crippen MR) is 251 cm³/mol.